The molecule has 0 saturated heterocycles. The Hall–Kier alpha value is -3.64. The van der Waals surface area contributed by atoms with E-state index in [1.807, 2.05) is 59.5 Å². The van der Waals surface area contributed by atoms with Crippen molar-refractivity contribution >= 4 is 23.2 Å². The average molecular weight is 444 g/mol. The van der Waals surface area contributed by atoms with Gasteiger partial charge >= 0.3 is 0 Å². The first-order valence-electron chi connectivity index (χ1n) is 11.2. The summed E-state index contributed by atoms with van der Waals surface area (Å²) in [5.41, 5.74) is 5.61. The van der Waals surface area contributed by atoms with Crippen molar-refractivity contribution in [3.05, 3.63) is 83.9 Å². The highest BCUT2D eigenvalue weighted by molar-refractivity contribution is 5.95. The molecule has 1 aliphatic rings. The Labute approximate surface area is 194 Å². The molecule has 170 valence electrons. The third-order valence-electron chi connectivity index (χ3n) is 6.01. The molecule has 3 N–H and O–H groups in total. The number of carbonyl (C=O) groups excluding carboxylic acids is 2. The molecule has 0 radical (unpaired) electrons. The smallest absolute Gasteiger partial charge is 0.251 e. The van der Waals surface area contributed by atoms with Crippen LogP contribution in [0.2, 0.25) is 0 Å². The van der Waals surface area contributed by atoms with Crippen LogP contribution in [-0.4, -0.2) is 36.1 Å². The second-order valence-corrected chi connectivity index (χ2v) is 8.37. The Bertz CT molecular complexity index is 1130. The number of para-hydroxylation sites is 1. The van der Waals surface area contributed by atoms with Crippen LogP contribution in [-0.2, 0) is 4.79 Å². The third kappa shape index (κ3) is 4.91. The summed E-state index contributed by atoms with van der Waals surface area (Å²) >= 11 is 0. The van der Waals surface area contributed by atoms with Crippen molar-refractivity contribution in [2.45, 2.75) is 32.4 Å². The highest BCUT2D eigenvalue weighted by atomic mass is 16.3. The average Bonchev–Trinajstić information content (AvgIpc) is 2.83. The van der Waals surface area contributed by atoms with Crippen molar-refractivity contribution < 1.29 is 14.7 Å². The fourth-order valence-electron chi connectivity index (χ4n) is 4.48. The second-order valence-electron chi connectivity index (χ2n) is 8.37. The molecule has 33 heavy (non-hydrogen) atoms. The zero-order valence-electron chi connectivity index (χ0n) is 18.9. The van der Waals surface area contributed by atoms with Gasteiger partial charge in [0.05, 0.1) is 12.6 Å². The molecule has 0 bridgehead atoms. The van der Waals surface area contributed by atoms with Gasteiger partial charge in [0.2, 0.25) is 5.91 Å². The maximum atomic E-state index is 12.4. The SMILES string of the molecule is CC(=O)N1c2ccc(-c3ccc(C(=O)NCCO)cc3)cc2C(Nc2ccccc2)CC1C. The van der Waals surface area contributed by atoms with Gasteiger partial charge in [0.25, 0.3) is 5.91 Å². The molecule has 2 amide bonds. The van der Waals surface area contributed by atoms with Crippen LogP contribution < -0.4 is 15.5 Å². The van der Waals surface area contributed by atoms with E-state index in [0.29, 0.717) is 5.56 Å². The van der Waals surface area contributed by atoms with Gasteiger partial charge in [-0.2, -0.15) is 0 Å². The zero-order valence-corrected chi connectivity index (χ0v) is 18.9. The molecule has 2 atom stereocenters. The van der Waals surface area contributed by atoms with E-state index in [1.165, 1.54) is 0 Å². The first-order valence-corrected chi connectivity index (χ1v) is 11.2. The maximum absolute atomic E-state index is 12.4. The first-order chi connectivity index (χ1) is 16.0. The lowest BCUT2D eigenvalue weighted by Gasteiger charge is -2.39. The molecular weight excluding hydrogens is 414 g/mol. The maximum Gasteiger partial charge on any atom is 0.251 e. The van der Waals surface area contributed by atoms with Crippen molar-refractivity contribution in [2.24, 2.45) is 0 Å². The molecule has 0 spiro atoms. The van der Waals surface area contributed by atoms with Crippen LogP contribution in [0.3, 0.4) is 0 Å². The minimum absolute atomic E-state index is 0.0351. The molecule has 4 rings (SSSR count). The van der Waals surface area contributed by atoms with Crippen molar-refractivity contribution in [1.29, 1.82) is 0 Å². The van der Waals surface area contributed by atoms with E-state index in [0.717, 1.165) is 34.5 Å². The Balaban J connectivity index is 1.68. The first kappa shape index (κ1) is 22.6. The molecule has 0 aromatic heterocycles. The van der Waals surface area contributed by atoms with Crippen LogP contribution in [0.25, 0.3) is 11.1 Å². The summed E-state index contributed by atoms with van der Waals surface area (Å²) in [5, 5.41) is 15.2. The Morgan fingerprint density at radius 2 is 1.70 bits per heavy atom. The predicted molar refractivity (Wildman–Crippen MR) is 131 cm³/mol. The summed E-state index contributed by atoms with van der Waals surface area (Å²) in [6.45, 7) is 3.83. The van der Waals surface area contributed by atoms with E-state index in [2.05, 4.69) is 23.6 Å². The molecule has 1 heterocycles. The number of anilines is 2. The van der Waals surface area contributed by atoms with Gasteiger partial charge in [0, 0.05) is 36.4 Å². The van der Waals surface area contributed by atoms with E-state index in [-0.39, 0.29) is 37.0 Å². The minimum Gasteiger partial charge on any atom is -0.395 e. The minimum atomic E-state index is -0.209. The van der Waals surface area contributed by atoms with Crippen LogP contribution in [0.4, 0.5) is 11.4 Å². The molecule has 6 nitrogen and oxygen atoms in total. The number of nitrogens with one attached hydrogen (secondary N) is 2. The number of rotatable bonds is 6. The highest BCUT2D eigenvalue weighted by Crippen LogP contribution is 2.41. The van der Waals surface area contributed by atoms with Crippen LogP contribution in [0.15, 0.2) is 72.8 Å². The lowest BCUT2D eigenvalue weighted by molar-refractivity contribution is -0.117. The normalized spacial score (nSPS) is 17.2. The summed E-state index contributed by atoms with van der Waals surface area (Å²) in [6.07, 6.45) is 0.800. The van der Waals surface area contributed by atoms with E-state index in [9.17, 15) is 9.59 Å². The van der Waals surface area contributed by atoms with E-state index in [1.54, 1.807) is 19.1 Å². The molecular formula is C27H29N3O3. The van der Waals surface area contributed by atoms with Gasteiger partial charge in [-0.25, -0.2) is 0 Å². The number of hydrogen-bond donors (Lipinski definition) is 3. The number of nitrogens with zero attached hydrogens (tertiary/aromatic N) is 1. The molecule has 1 aliphatic heterocycles. The quantitative estimate of drug-likeness (QED) is 0.528. The number of fused-ring (bicyclic) bond motifs is 1. The van der Waals surface area contributed by atoms with Gasteiger partial charge in [-0.1, -0.05) is 36.4 Å². The summed E-state index contributed by atoms with van der Waals surface area (Å²) in [6, 6.07) is 23.8. The Morgan fingerprint density at radius 3 is 2.36 bits per heavy atom. The molecule has 3 aromatic rings. The fourth-order valence-corrected chi connectivity index (χ4v) is 4.48. The van der Waals surface area contributed by atoms with Crippen LogP contribution >= 0.6 is 0 Å². The van der Waals surface area contributed by atoms with Gasteiger partial charge in [-0.15, -0.1) is 0 Å². The topological polar surface area (TPSA) is 81.7 Å². The molecule has 6 heteroatoms. The number of hydrogen-bond acceptors (Lipinski definition) is 4. The van der Waals surface area contributed by atoms with Gasteiger partial charge < -0.3 is 20.6 Å². The summed E-state index contributed by atoms with van der Waals surface area (Å²) in [7, 11) is 0. The van der Waals surface area contributed by atoms with Crippen LogP contribution in [0, 0.1) is 0 Å². The van der Waals surface area contributed by atoms with Crippen LogP contribution in [0.1, 0.15) is 42.2 Å². The molecule has 0 fully saturated rings. The molecule has 0 aliphatic carbocycles. The van der Waals surface area contributed by atoms with Crippen molar-refractivity contribution in [3.8, 4) is 11.1 Å². The van der Waals surface area contributed by atoms with Crippen molar-refractivity contribution in [3.63, 3.8) is 0 Å². The van der Waals surface area contributed by atoms with Gasteiger partial charge in [0.1, 0.15) is 0 Å². The lowest BCUT2D eigenvalue weighted by atomic mass is 9.88. The van der Waals surface area contributed by atoms with Gasteiger partial charge in [-0.05, 0) is 66.4 Å². The standard InChI is InChI=1S/C27H29N3O3/c1-18-16-25(29-23-6-4-3-5-7-23)24-17-22(12-13-26(24)30(18)19(2)32)20-8-10-21(11-9-20)27(33)28-14-15-31/h3-13,17-18,25,29,31H,14-16H2,1-2H3,(H,28,33). The van der Waals surface area contributed by atoms with Gasteiger partial charge in [-0.3, -0.25) is 9.59 Å². The van der Waals surface area contributed by atoms with Crippen molar-refractivity contribution in [2.75, 3.05) is 23.4 Å². The van der Waals surface area contributed by atoms with E-state index >= 15 is 0 Å². The number of carbonyl (C=O) groups is 2. The number of benzene rings is 3. The lowest BCUT2D eigenvalue weighted by Crippen LogP contribution is -2.43. The molecule has 3 aromatic carbocycles. The summed E-state index contributed by atoms with van der Waals surface area (Å²) < 4.78 is 0. The number of aliphatic hydroxyl groups is 1. The van der Waals surface area contributed by atoms with Crippen molar-refractivity contribution in [1.82, 2.24) is 5.32 Å². The van der Waals surface area contributed by atoms with E-state index < -0.39 is 0 Å². The summed E-state index contributed by atoms with van der Waals surface area (Å²) in [4.78, 5) is 26.4. The molecule has 0 saturated carbocycles. The predicted octanol–water partition coefficient (Wildman–Crippen LogP) is 4.37. The second kappa shape index (κ2) is 9.88. The fraction of sp³-hybridized carbons (Fsp3) is 0.259. The highest BCUT2D eigenvalue weighted by Gasteiger charge is 2.32. The Kier molecular flexibility index (Phi) is 6.75. The largest absolute Gasteiger partial charge is 0.395 e. The van der Waals surface area contributed by atoms with Gasteiger partial charge in [0.15, 0.2) is 0 Å². The summed E-state index contributed by atoms with van der Waals surface area (Å²) in [5.74, 6) is -0.174. The van der Waals surface area contributed by atoms with E-state index in [4.69, 9.17) is 5.11 Å². The third-order valence-corrected chi connectivity index (χ3v) is 6.01. The molecule has 2 unspecified atom stereocenters. The number of amides is 2. The number of aliphatic hydroxyl groups excluding tert-OH is 1. The zero-order chi connectivity index (χ0) is 23.4. The monoisotopic (exact) mass is 443 g/mol. The van der Waals surface area contributed by atoms with Crippen LogP contribution in [0.5, 0.6) is 0 Å². The Morgan fingerprint density at radius 1 is 1.00 bits per heavy atom.